The van der Waals surface area contributed by atoms with Crippen LogP contribution in [-0.2, 0) is 21.1 Å². The molecular weight excluding hydrogens is 238 g/mol. The van der Waals surface area contributed by atoms with Crippen LogP contribution < -0.4 is 0 Å². The molecule has 0 amide bonds. The predicted octanol–water partition coefficient (Wildman–Crippen LogP) is 0.539. The molecule has 0 aromatic rings. The third kappa shape index (κ3) is 773. The number of nitrogens with one attached hydrogen (secondary N) is 1. The molecule has 0 aliphatic heterocycles. The fourth-order valence-corrected chi connectivity index (χ4v) is 0. The SMILES string of the molecule is CC(=N)O.[W]. The second-order valence-corrected chi connectivity index (χ2v) is 0.585. The first-order valence-corrected chi connectivity index (χ1v) is 0.974. The van der Waals surface area contributed by atoms with E-state index in [1.165, 1.54) is 6.92 Å². The van der Waals surface area contributed by atoms with Crippen LogP contribution in [0.3, 0.4) is 0 Å². The first kappa shape index (κ1) is 8.94. The second-order valence-electron chi connectivity index (χ2n) is 0.585. The molecule has 0 atom stereocenters. The zero-order valence-corrected chi connectivity index (χ0v) is 5.79. The van der Waals surface area contributed by atoms with E-state index in [-0.39, 0.29) is 27.0 Å². The normalized spacial score (nSPS) is 5.00. The van der Waals surface area contributed by atoms with Gasteiger partial charge in [-0.15, -0.1) is 0 Å². The van der Waals surface area contributed by atoms with E-state index in [0.29, 0.717) is 0 Å². The van der Waals surface area contributed by atoms with Gasteiger partial charge in [0, 0.05) is 28.0 Å². The molecule has 0 unspecified atom stereocenters. The van der Waals surface area contributed by atoms with Gasteiger partial charge in [-0.1, -0.05) is 0 Å². The summed E-state index contributed by atoms with van der Waals surface area (Å²) in [6, 6.07) is 0. The van der Waals surface area contributed by atoms with E-state index in [0.717, 1.165) is 0 Å². The molecule has 5 heavy (non-hydrogen) atoms. The van der Waals surface area contributed by atoms with Crippen molar-refractivity contribution in [2.45, 2.75) is 6.92 Å². The third-order valence-electron chi connectivity index (χ3n) is 0. The standard InChI is InChI=1S/C2H5NO.W/c1-2(3)4;/h1H3,(H2,3,4);. The van der Waals surface area contributed by atoms with Gasteiger partial charge in [0.25, 0.3) is 0 Å². The van der Waals surface area contributed by atoms with Crippen molar-refractivity contribution < 1.29 is 26.2 Å². The zero-order valence-electron chi connectivity index (χ0n) is 2.86. The first-order valence-electron chi connectivity index (χ1n) is 0.974. The Morgan fingerprint density at radius 1 is 1.80 bits per heavy atom. The molecular formula is C2H5NOW. The molecule has 0 heterocycles. The van der Waals surface area contributed by atoms with Gasteiger partial charge in [0.2, 0.25) is 0 Å². The Labute approximate surface area is 45.0 Å². The maximum absolute atomic E-state index is 7.64. The molecule has 0 aromatic heterocycles. The number of hydrogen-bond donors (Lipinski definition) is 2. The van der Waals surface area contributed by atoms with Gasteiger partial charge >= 0.3 is 0 Å². The van der Waals surface area contributed by atoms with Crippen molar-refractivity contribution in [3.8, 4) is 0 Å². The van der Waals surface area contributed by atoms with Crippen LogP contribution in [0, 0.1) is 5.41 Å². The largest absolute Gasteiger partial charge is 0.497 e. The quantitative estimate of drug-likeness (QED) is 0.473. The summed E-state index contributed by atoms with van der Waals surface area (Å²) in [5, 5.41) is 13.7. The van der Waals surface area contributed by atoms with Crippen molar-refractivity contribution in [3.63, 3.8) is 0 Å². The topological polar surface area (TPSA) is 44.1 Å². The minimum Gasteiger partial charge on any atom is -0.497 e. The Hall–Kier alpha value is 0.158. The van der Waals surface area contributed by atoms with Crippen LogP contribution in [0.5, 0.6) is 0 Å². The minimum absolute atomic E-state index is 0. The third-order valence-corrected chi connectivity index (χ3v) is 0. The molecule has 0 aliphatic rings. The summed E-state index contributed by atoms with van der Waals surface area (Å²) in [4.78, 5) is 0. The summed E-state index contributed by atoms with van der Waals surface area (Å²) in [6.07, 6.45) is 0. The van der Waals surface area contributed by atoms with Gasteiger partial charge in [-0.05, 0) is 0 Å². The van der Waals surface area contributed by atoms with E-state index in [9.17, 15) is 0 Å². The summed E-state index contributed by atoms with van der Waals surface area (Å²) in [6.45, 7) is 1.31. The van der Waals surface area contributed by atoms with Crippen molar-refractivity contribution in [3.05, 3.63) is 0 Å². The smallest absolute Gasteiger partial charge is 0.174 e. The molecule has 0 radical (unpaired) electrons. The van der Waals surface area contributed by atoms with Crippen molar-refractivity contribution in [1.29, 1.82) is 5.41 Å². The van der Waals surface area contributed by atoms with E-state index in [2.05, 4.69) is 0 Å². The van der Waals surface area contributed by atoms with E-state index >= 15 is 0 Å². The summed E-state index contributed by atoms with van der Waals surface area (Å²) in [5.41, 5.74) is 0. The molecule has 0 fully saturated rings. The van der Waals surface area contributed by atoms with Gasteiger partial charge in [-0.25, -0.2) is 0 Å². The Morgan fingerprint density at radius 2 is 1.80 bits per heavy atom. The number of aliphatic hydroxyl groups is 1. The Bertz CT molecular complexity index is 32.6. The molecule has 2 nitrogen and oxygen atoms in total. The van der Waals surface area contributed by atoms with E-state index in [1.807, 2.05) is 0 Å². The Balaban J connectivity index is 0. The van der Waals surface area contributed by atoms with Gasteiger partial charge in [-0.2, -0.15) is 0 Å². The average Bonchev–Trinajstić information content (AvgIpc) is 0.811. The fourth-order valence-electron chi connectivity index (χ4n) is 0. The number of aliphatic hydroxyl groups excluding tert-OH is 1. The Morgan fingerprint density at radius 3 is 1.80 bits per heavy atom. The summed E-state index contributed by atoms with van der Waals surface area (Å²) in [5.74, 6) is -0.333. The minimum atomic E-state index is -0.333. The van der Waals surface area contributed by atoms with Crippen molar-refractivity contribution in [1.82, 2.24) is 0 Å². The molecule has 0 bridgehead atoms. The van der Waals surface area contributed by atoms with Crippen LogP contribution in [0.4, 0.5) is 0 Å². The van der Waals surface area contributed by atoms with Crippen LogP contribution in [0.15, 0.2) is 0 Å². The van der Waals surface area contributed by atoms with Gasteiger partial charge < -0.3 is 5.11 Å². The maximum atomic E-state index is 7.64. The molecule has 0 saturated heterocycles. The predicted molar refractivity (Wildman–Crippen MR) is 16.0 cm³/mol. The molecule has 0 rings (SSSR count). The maximum Gasteiger partial charge on any atom is 0.174 e. The molecule has 3 heteroatoms. The summed E-state index contributed by atoms with van der Waals surface area (Å²) in [7, 11) is 0. The fraction of sp³-hybridized carbons (Fsp3) is 0.500. The number of rotatable bonds is 0. The van der Waals surface area contributed by atoms with Crippen LogP contribution in [0.25, 0.3) is 0 Å². The summed E-state index contributed by atoms with van der Waals surface area (Å²) >= 11 is 0. The molecule has 0 spiro atoms. The van der Waals surface area contributed by atoms with E-state index < -0.39 is 0 Å². The molecule has 0 saturated carbocycles. The summed E-state index contributed by atoms with van der Waals surface area (Å²) < 4.78 is 0. The molecule has 0 aromatic carbocycles. The number of hydrogen-bond acceptors (Lipinski definition) is 1. The van der Waals surface area contributed by atoms with E-state index in [1.54, 1.807) is 0 Å². The van der Waals surface area contributed by atoms with Crippen LogP contribution in [-0.4, -0.2) is 11.0 Å². The van der Waals surface area contributed by atoms with E-state index in [4.69, 9.17) is 10.5 Å². The monoisotopic (exact) mass is 243 g/mol. The van der Waals surface area contributed by atoms with Crippen molar-refractivity contribution >= 4 is 5.90 Å². The van der Waals surface area contributed by atoms with Crippen LogP contribution >= 0.6 is 0 Å². The molecule has 0 aliphatic carbocycles. The zero-order chi connectivity index (χ0) is 3.58. The first-order chi connectivity index (χ1) is 1.73. The van der Waals surface area contributed by atoms with Crippen molar-refractivity contribution in [2.24, 2.45) is 0 Å². The molecule has 30 valence electrons. The van der Waals surface area contributed by atoms with Crippen LogP contribution in [0.1, 0.15) is 6.92 Å². The van der Waals surface area contributed by atoms with Gasteiger partial charge in [0.1, 0.15) is 0 Å². The second kappa shape index (κ2) is 4.16. The van der Waals surface area contributed by atoms with Gasteiger partial charge in [-0.3, -0.25) is 5.41 Å². The van der Waals surface area contributed by atoms with Crippen molar-refractivity contribution in [2.75, 3.05) is 0 Å². The Kier molecular flexibility index (Phi) is 7.44. The van der Waals surface area contributed by atoms with Crippen LogP contribution in [0.2, 0.25) is 0 Å². The van der Waals surface area contributed by atoms with Gasteiger partial charge in [0.05, 0.1) is 0 Å². The van der Waals surface area contributed by atoms with Gasteiger partial charge in [0.15, 0.2) is 5.90 Å². The average molecular weight is 243 g/mol. The molecule has 2 N–H and O–H groups in total.